The van der Waals surface area contributed by atoms with Crippen molar-refractivity contribution >= 4 is 29.4 Å². The zero-order valence-electron chi connectivity index (χ0n) is 13.1. The Kier molecular flexibility index (Phi) is 4.77. The Bertz CT molecular complexity index is 765. The number of rotatable bonds is 5. The van der Waals surface area contributed by atoms with E-state index < -0.39 is 11.9 Å². The zero-order chi connectivity index (χ0) is 17.2. The largest absolute Gasteiger partial charge is 0.478 e. The van der Waals surface area contributed by atoms with Crippen LogP contribution in [0.15, 0.2) is 52.3 Å². The van der Waals surface area contributed by atoms with Gasteiger partial charge in [0.15, 0.2) is 0 Å². The second-order valence-corrected chi connectivity index (χ2v) is 6.99. The molecule has 0 radical (unpaired) electrons. The maximum absolute atomic E-state index is 11.6. The summed E-state index contributed by atoms with van der Waals surface area (Å²) in [5, 5.41) is 18.7. The van der Waals surface area contributed by atoms with E-state index in [1.807, 2.05) is 27.2 Å². The molecule has 0 aromatic heterocycles. The van der Waals surface area contributed by atoms with Crippen molar-refractivity contribution in [1.82, 2.24) is 4.48 Å². The van der Waals surface area contributed by atoms with Gasteiger partial charge in [0.25, 0.3) is 0 Å². The van der Waals surface area contributed by atoms with Gasteiger partial charge in [0.1, 0.15) is 5.69 Å². The monoisotopic (exact) mass is 332 g/mol. The highest BCUT2D eigenvalue weighted by Gasteiger charge is 2.20. The molecule has 6 heteroatoms. The van der Waals surface area contributed by atoms with E-state index in [4.69, 9.17) is 0 Å². The normalized spacial score (nSPS) is 11.3. The van der Waals surface area contributed by atoms with Gasteiger partial charge < -0.3 is 10.2 Å². The third kappa shape index (κ3) is 3.91. The van der Waals surface area contributed by atoms with E-state index in [1.54, 1.807) is 30.3 Å². The van der Waals surface area contributed by atoms with Crippen LogP contribution in [0.5, 0.6) is 0 Å². The summed E-state index contributed by atoms with van der Waals surface area (Å²) in [7, 11) is 5.86. The molecule has 23 heavy (non-hydrogen) atoms. The number of hydrogen-bond donors (Lipinski definition) is 2. The average molecular weight is 332 g/mol. The number of quaternary nitrogens is 1. The number of hydrogen-bond acceptors (Lipinski definition) is 3. The van der Waals surface area contributed by atoms with Crippen LogP contribution in [-0.4, -0.2) is 43.3 Å². The fraction of sp³-hybridized carbons (Fsp3) is 0.176. The number of carboxylic acid groups (broad SMARTS) is 2. The van der Waals surface area contributed by atoms with Crippen LogP contribution >= 0.6 is 11.8 Å². The molecule has 0 fully saturated rings. The van der Waals surface area contributed by atoms with E-state index in [9.17, 15) is 19.8 Å². The quantitative estimate of drug-likeness (QED) is 0.821. The van der Waals surface area contributed by atoms with Crippen molar-refractivity contribution in [3.63, 3.8) is 0 Å². The molecule has 0 unspecified atom stereocenters. The van der Waals surface area contributed by atoms with E-state index in [2.05, 4.69) is 0 Å². The predicted octanol–water partition coefficient (Wildman–Crippen LogP) is 3.43. The van der Waals surface area contributed by atoms with Crippen molar-refractivity contribution < 1.29 is 19.8 Å². The lowest BCUT2D eigenvalue weighted by Gasteiger charge is -2.24. The molecular formula is C17H18NO4S+. The van der Waals surface area contributed by atoms with Gasteiger partial charge in [-0.05, 0) is 18.2 Å². The molecule has 5 nitrogen and oxygen atoms in total. The van der Waals surface area contributed by atoms with Crippen LogP contribution in [0, 0.1) is 0 Å². The fourth-order valence-electron chi connectivity index (χ4n) is 2.04. The molecule has 120 valence electrons. The van der Waals surface area contributed by atoms with E-state index >= 15 is 0 Å². The second kappa shape index (κ2) is 6.44. The van der Waals surface area contributed by atoms with Gasteiger partial charge in [0.2, 0.25) is 0 Å². The van der Waals surface area contributed by atoms with Gasteiger partial charge >= 0.3 is 11.9 Å². The minimum absolute atomic E-state index is 0.157. The number of benzene rings is 2. The van der Waals surface area contributed by atoms with Gasteiger partial charge in [-0.25, -0.2) is 9.59 Å². The Morgan fingerprint density at radius 3 is 2.00 bits per heavy atom. The summed E-state index contributed by atoms with van der Waals surface area (Å²) in [6.45, 7) is 0. The van der Waals surface area contributed by atoms with E-state index in [-0.39, 0.29) is 11.1 Å². The summed E-state index contributed by atoms with van der Waals surface area (Å²) in [6, 6.07) is 11.8. The molecule has 2 aromatic rings. The minimum Gasteiger partial charge on any atom is -0.478 e. The van der Waals surface area contributed by atoms with Crippen LogP contribution in [0.3, 0.4) is 0 Å². The first-order valence-electron chi connectivity index (χ1n) is 6.89. The Hall–Kier alpha value is -2.31. The van der Waals surface area contributed by atoms with Crippen molar-refractivity contribution in [2.75, 3.05) is 21.1 Å². The third-order valence-corrected chi connectivity index (χ3v) is 4.46. The Morgan fingerprint density at radius 1 is 0.870 bits per heavy atom. The minimum atomic E-state index is -1.03. The zero-order valence-corrected chi connectivity index (χ0v) is 13.9. The molecule has 2 rings (SSSR count). The molecule has 2 aromatic carbocycles. The fourth-order valence-corrected chi connectivity index (χ4v) is 3.08. The van der Waals surface area contributed by atoms with Crippen molar-refractivity contribution in [2.24, 2.45) is 0 Å². The van der Waals surface area contributed by atoms with Gasteiger partial charge in [-0.1, -0.05) is 23.9 Å². The lowest BCUT2D eigenvalue weighted by Crippen LogP contribution is -2.34. The van der Waals surface area contributed by atoms with Crippen molar-refractivity contribution in [3.8, 4) is 0 Å². The smallest absolute Gasteiger partial charge is 0.337 e. The summed E-state index contributed by atoms with van der Waals surface area (Å²) in [4.78, 5) is 23.9. The van der Waals surface area contributed by atoms with Crippen molar-refractivity contribution in [1.29, 1.82) is 0 Å². The summed E-state index contributed by atoms with van der Waals surface area (Å²) < 4.78 is 0.497. The van der Waals surface area contributed by atoms with E-state index in [1.165, 1.54) is 6.07 Å². The second-order valence-electron chi connectivity index (χ2n) is 5.90. The van der Waals surface area contributed by atoms with Gasteiger partial charge in [0, 0.05) is 21.9 Å². The van der Waals surface area contributed by atoms with Gasteiger partial charge in [0.05, 0.1) is 32.3 Å². The van der Waals surface area contributed by atoms with Gasteiger partial charge in [-0.2, -0.15) is 0 Å². The molecule has 0 atom stereocenters. The Balaban J connectivity index is 2.49. The number of carbonyl (C=O) groups is 2. The predicted molar refractivity (Wildman–Crippen MR) is 90.5 cm³/mol. The number of nitrogens with zero attached hydrogens (tertiary/aromatic N) is 1. The van der Waals surface area contributed by atoms with Gasteiger partial charge in [-0.3, -0.25) is 4.48 Å². The van der Waals surface area contributed by atoms with Crippen molar-refractivity contribution in [3.05, 3.63) is 53.6 Å². The molecule has 0 amide bonds. The molecule has 0 saturated heterocycles. The highest BCUT2D eigenvalue weighted by molar-refractivity contribution is 7.99. The highest BCUT2D eigenvalue weighted by atomic mass is 32.2. The summed E-state index contributed by atoms with van der Waals surface area (Å²) in [6.07, 6.45) is 0. The molecule has 0 saturated carbocycles. The highest BCUT2D eigenvalue weighted by Crippen LogP contribution is 2.35. The SMILES string of the molecule is C[N+](C)(C)c1ccc(Sc2ccccc2C(=O)O)c(C(=O)O)c1. The third-order valence-electron chi connectivity index (χ3n) is 3.31. The standard InChI is InChI=1S/C17H17NO4S/c1-18(2,3)11-8-9-15(13(10-11)17(21)22)23-14-7-5-4-6-12(14)16(19)20/h4-10H,1-3H3,(H-,19,20,21,22)/p+1. The van der Waals surface area contributed by atoms with Crippen LogP contribution in [0.2, 0.25) is 0 Å². The molecule has 0 aliphatic heterocycles. The number of aromatic carboxylic acids is 2. The first kappa shape index (κ1) is 17.1. The molecule has 0 aliphatic rings. The molecule has 0 bridgehead atoms. The molecule has 2 N–H and O–H groups in total. The lowest BCUT2D eigenvalue weighted by atomic mass is 10.2. The van der Waals surface area contributed by atoms with E-state index in [0.717, 1.165) is 17.4 Å². The first-order valence-corrected chi connectivity index (χ1v) is 7.71. The molecular weight excluding hydrogens is 314 g/mol. The number of carboxylic acids is 2. The summed E-state index contributed by atoms with van der Waals surface area (Å²) in [5.74, 6) is -2.07. The maximum atomic E-state index is 11.6. The lowest BCUT2D eigenvalue weighted by molar-refractivity contribution is 0.0683. The molecule has 0 spiro atoms. The van der Waals surface area contributed by atoms with Crippen LogP contribution < -0.4 is 4.48 Å². The average Bonchev–Trinajstić information content (AvgIpc) is 2.46. The van der Waals surface area contributed by atoms with Crippen LogP contribution in [-0.2, 0) is 0 Å². The Morgan fingerprint density at radius 2 is 1.43 bits per heavy atom. The van der Waals surface area contributed by atoms with Crippen LogP contribution in [0.25, 0.3) is 0 Å². The first-order chi connectivity index (χ1) is 10.7. The van der Waals surface area contributed by atoms with Crippen LogP contribution in [0.4, 0.5) is 5.69 Å². The summed E-state index contributed by atoms with van der Waals surface area (Å²) >= 11 is 1.15. The van der Waals surface area contributed by atoms with Crippen molar-refractivity contribution in [2.45, 2.75) is 9.79 Å². The Labute approximate surface area is 138 Å². The summed E-state index contributed by atoms with van der Waals surface area (Å²) in [5.41, 5.74) is 1.18. The topological polar surface area (TPSA) is 74.6 Å². The molecule has 0 heterocycles. The molecule has 0 aliphatic carbocycles. The van der Waals surface area contributed by atoms with E-state index in [0.29, 0.717) is 14.3 Å². The maximum Gasteiger partial charge on any atom is 0.337 e. The van der Waals surface area contributed by atoms with Crippen LogP contribution in [0.1, 0.15) is 20.7 Å². The van der Waals surface area contributed by atoms with Gasteiger partial charge in [-0.15, -0.1) is 0 Å².